The summed E-state index contributed by atoms with van der Waals surface area (Å²) in [4.78, 5) is 37.0. The van der Waals surface area contributed by atoms with E-state index in [0.717, 1.165) is 5.56 Å². The summed E-state index contributed by atoms with van der Waals surface area (Å²) in [6.07, 6.45) is 0. The van der Waals surface area contributed by atoms with E-state index in [2.05, 4.69) is 5.32 Å². The quantitative estimate of drug-likeness (QED) is 0.681. The molecule has 1 saturated heterocycles. The zero-order chi connectivity index (χ0) is 17.3. The third-order valence-electron chi connectivity index (χ3n) is 3.96. The zero-order valence-corrected chi connectivity index (χ0v) is 13.7. The molecule has 7 nitrogen and oxygen atoms in total. The van der Waals surface area contributed by atoms with E-state index in [1.807, 2.05) is 11.4 Å². The van der Waals surface area contributed by atoms with Crippen molar-refractivity contribution >= 4 is 34.5 Å². The molecule has 1 aliphatic rings. The average Bonchev–Trinajstić information content (AvgIpc) is 3.01. The number of thiophene rings is 1. The highest BCUT2D eigenvalue weighted by Crippen LogP contribution is 2.25. The number of nitro groups is 1. The molecule has 0 aliphatic carbocycles. The molecule has 1 aliphatic heterocycles. The molecule has 1 fully saturated rings. The minimum Gasteiger partial charge on any atom is -0.336 e. The third-order valence-corrected chi connectivity index (χ3v) is 4.82. The van der Waals surface area contributed by atoms with Crippen molar-refractivity contribution in [1.82, 2.24) is 4.90 Å². The Morgan fingerprint density at radius 3 is 2.71 bits per heavy atom. The average molecular weight is 345 g/mol. The van der Waals surface area contributed by atoms with Gasteiger partial charge in [-0.05, 0) is 23.9 Å². The normalized spacial score (nSPS) is 14.1. The fourth-order valence-electron chi connectivity index (χ4n) is 2.46. The number of nitrogens with zero attached hydrogens (tertiary/aromatic N) is 2. The molecule has 0 bridgehead atoms. The maximum atomic E-state index is 12.3. The number of hydrogen-bond acceptors (Lipinski definition) is 5. The lowest BCUT2D eigenvalue weighted by Crippen LogP contribution is -2.54. The highest BCUT2D eigenvalue weighted by Gasteiger charge is 2.36. The smallest absolute Gasteiger partial charge is 0.271 e. The van der Waals surface area contributed by atoms with E-state index >= 15 is 0 Å². The van der Waals surface area contributed by atoms with Crippen LogP contribution in [-0.4, -0.2) is 34.7 Å². The van der Waals surface area contributed by atoms with Crippen LogP contribution in [0.4, 0.5) is 11.4 Å². The molecule has 1 aromatic carbocycles. The van der Waals surface area contributed by atoms with Crippen LogP contribution in [-0.2, 0) is 4.79 Å². The van der Waals surface area contributed by atoms with Gasteiger partial charge in [-0.1, -0.05) is 12.1 Å². The van der Waals surface area contributed by atoms with E-state index in [1.54, 1.807) is 24.0 Å². The van der Waals surface area contributed by atoms with Gasteiger partial charge in [0.15, 0.2) is 0 Å². The molecule has 2 heterocycles. The number of carbonyl (C=O) groups excluding carboxylic acids is 2. The molecule has 0 radical (unpaired) electrons. The fourth-order valence-corrected chi connectivity index (χ4v) is 3.15. The molecule has 1 N–H and O–H groups in total. The predicted octanol–water partition coefficient (Wildman–Crippen LogP) is 2.68. The topological polar surface area (TPSA) is 92.6 Å². The summed E-state index contributed by atoms with van der Waals surface area (Å²) < 4.78 is 0. The van der Waals surface area contributed by atoms with Crippen molar-refractivity contribution in [2.24, 2.45) is 5.92 Å². The van der Waals surface area contributed by atoms with Crippen LogP contribution in [0.3, 0.4) is 0 Å². The molecule has 2 aromatic rings. The Bertz CT molecular complexity index is 798. The van der Waals surface area contributed by atoms with Crippen LogP contribution >= 0.6 is 11.3 Å². The van der Waals surface area contributed by atoms with Crippen LogP contribution in [0.1, 0.15) is 15.2 Å². The zero-order valence-electron chi connectivity index (χ0n) is 12.9. The van der Waals surface area contributed by atoms with Gasteiger partial charge >= 0.3 is 0 Å². The van der Waals surface area contributed by atoms with Gasteiger partial charge in [-0.15, -0.1) is 11.3 Å². The van der Waals surface area contributed by atoms with Crippen molar-refractivity contribution in [2.45, 2.75) is 6.92 Å². The summed E-state index contributed by atoms with van der Waals surface area (Å²) >= 11 is 1.37. The first-order valence-electron chi connectivity index (χ1n) is 7.34. The number of amides is 2. The molecule has 0 atom stereocenters. The molecule has 24 heavy (non-hydrogen) atoms. The predicted molar refractivity (Wildman–Crippen MR) is 90.2 cm³/mol. The van der Waals surface area contributed by atoms with Crippen molar-refractivity contribution in [2.75, 3.05) is 18.4 Å². The Balaban J connectivity index is 1.60. The number of rotatable bonds is 4. The maximum absolute atomic E-state index is 12.3. The van der Waals surface area contributed by atoms with Gasteiger partial charge in [0, 0.05) is 25.2 Å². The van der Waals surface area contributed by atoms with Crippen LogP contribution in [0.2, 0.25) is 0 Å². The van der Waals surface area contributed by atoms with Crippen LogP contribution < -0.4 is 5.32 Å². The number of benzene rings is 1. The molecule has 0 unspecified atom stereocenters. The molecule has 1 aromatic heterocycles. The van der Waals surface area contributed by atoms with Crippen LogP contribution in [0.5, 0.6) is 0 Å². The van der Waals surface area contributed by atoms with Gasteiger partial charge in [-0.2, -0.15) is 0 Å². The number of nitro benzene ring substituents is 1. The number of aryl methyl sites for hydroxylation is 1. The number of hydrogen-bond donors (Lipinski definition) is 1. The first kappa shape index (κ1) is 16.1. The third kappa shape index (κ3) is 3.13. The molecule has 0 saturated carbocycles. The van der Waals surface area contributed by atoms with Crippen molar-refractivity contribution in [3.63, 3.8) is 0 Å². The fraction of sp³-hybridized carbons (Fsp3) is 0.250. The van der Waals surface area contributed by atoms with E-state index in [-0.39, 0.29) is 23.4 Å². The summed E-state index contributed by atoms with van der Waals surface area (Å²) in [5.74, 6) is -0.595. The minimum absolute atomic E-state index is 0.0689. The van der Waals surface area contributed by atoms with E-state index in [1.165, 1.54) is 23.5 Å². The summed E-state index contributed by atoms with van der Waals surface area (Å²) in [5.41, 5.74) is 1.11. The maximum Gasteiger partial charge on any atom is 0.271 e. The van der Waals surface area contributed by atoms with E-state index in [4.69, 9.17) is 0 Å². The standard InChI is InChI=1S/C16H15N3O4S/c1-10-4-5-12(19(22)23)7-13(10)17-15(20)11-8-18(9-11)16(21)14-3-2-6-24-14/h2-7,11H,8-9H2,1H3,(H,17,20). The number of non-ortho nitro benzene ring substituents is 1. The second kappa shape index (κ2) is 6.40. The van der Waals surface area contributed by atoms with Gasteiger partial charge in [0.1, 0.15) is 0 Å². The number of anilines is 1. The first-order chi connectivity index (χ1) is 11.5. The summed E-state index contributed by atoms with van der Waals surface area (Å²) in [5, 5.41) is 15.4. The van der Waals surface area contributed by atoms with Crippen LogP contribution in [0, 0.1) is 23.0 Å². The van der Waals surface area contributed by atoms with Crippen LogP contribution in [0.15, 0.2) is 35.7 Å². The number of carbonyl (C=O) groups is 2. The Hall–Kier alpha value is -2.74. The Morgan fingerprint density at radius 1 is 1.33 bits per heavy atom. The molecular weight excluding hydrogens is 330 g/mol. The second-order valence-corrected chi connectivity index (χ2v) is 6.58. The van der Waals surface area contributed by atoms with Gasteiger partial charge in [-0.25, -0.2) is 0 Å². The number of likely N-dealkylation sites (tertiary alicyclic amines) is 1. The highest BCUT2D eigenvalue weighted by atomic mass is 32.1. The lowest BCUT2D eigenvalue weighted by Gasteiger charge is -2.38. The molecule has 3 rings (SSSR count). The molecule has 8 heteroatoms. The SMILES string of the molecule is Cc1ccc([N+](=O)[O-])cc1NC(=O)C1CN(C(=O)c2cccs2)C1. The van der Waals surface area contributed by atoms with E-state index < -0.39 is 4.92 Å². The highest BCUT2D eigenvalue weighted by molar-refractivity contribution is 7.12. The van der Waals surface area contributed by atoms with Gasteiger partial charge in [0.25, 0.3) is 11.6 Å². The van der Waals surface area contributed by atoms with Crippen molar-refractivity contribution in [3.05, 3.63) is 56.3 Å². The van der Waals surface area contributed by atoms with E-state index in [9.17, 15) is 19.7 Å². The lowest BCUT2D eigenvalue weighted by molar-refractivity contribution is -0.384. The van der Waals surface area contributed by atoms with Gasteiger partial charge in [0.2, 0.25) is 5.91 Å². The largest absolute Gasteiger partial charge is 0.336 e. The Morgan fingerprint density at radius 2 is 2.08 bits per heavy atom. The van der Waals surface area contributed by atoms with Crippen LogP contribution in [0.25, 0.3) is 0 Å². The molecular formula is C16H15N3O4S. The first-order valence-corrected chi connectivity index (χ1v) is 8.22. The van der Waals surface area contributed by atoms with Crippen molar-refractivity contribution in [1.29, 1.82) is 0 Å². The lowest BCUT2D eigenvalue weighted by atomic mass is 9.98. The number of nitrogens with one attached hydrogen (secondary N) is 1. The summed E-state index contributed by atoms with van der Waals surface area (Å²) in [7, 11) is 0. The van der Waals surface area contributed by atoms with Gasteiger partial charge in [-0.3, -0.25) is 19.7 Å². The van der Waals surface area contributed by atoms with Gasteiger partial charge in [0.05, 0.1) is 21.4 Å². The van der Waals surface area contributed by atoms with E-state index in [0.29, 0.717) is 23.7 Å². The van der Waals surface area contributed by atoms with Crippen molar-refractivity contribution in [3.8, 4) is 0 Å². The molecule has 2 amide bonds. The van der Waals surface area contributed by atoms with Crippen molar-refractivity contribution < 1.29 is 14.5 Å². The Labute approximate surface area is 142 Å². The summed E-state index contributed by atoms with van der Waals surface area (Å²) in [6.45, 7) is 2.49. The molecule has 124 valence electrons. The monoisotopic (exact) mass is 345 g/mol. The summed E-state index contributed by atoms with van der Waals surface area (Å²) in [6, 6.07) is 7.91. The Kier molecular flexibility index (Phi) is 4.30. The molecule has 0 spiro atoms. The minimum atomic E-state index is -0.500. The second-order valence-electron chi connectivity index (χ2n) is 5.63. The van der Waals surface area contributed by atoms with Gasteiger partial charge < -0.3 is 10.2 Å².